The van der Waals surface area contributed by atoms with Gasteiger partial charge >= 0.3 is 0 Å². The van der Waals surface area contributed by atoms with Crippen molar-refractivity contribution >= 4 is 5.91 Å². The van der Waals surface area contributed by atoms with Crippen LogP contribution in [-0.4, -0.2) is 23.7 Å². The van der Waals surface area contributed by atoms with Crippen molar-refractivity contribution in [2.75, 3.05) is 6.54 Å². The molecule has 5 heteroatoms. The van der Waals surface area contributed by atoms with E-state index >= 15 is 0 Å². The smallest absolute Gasteiger partial charge is 0.224 e. The molecule has 0 bridgehead atoms. The summed E-state index contributed by atoms with van der Waals surface area (Å²) in [5, 5.41) is 11.6. The normalized spacial score (nSPS) is 12.2. The van der Waals surface area contributed by atoms with Crippen molar-refractivity contribution in [2.24, 2.45) is 0 Å². The molecule has 1 rings (SSSR count). The van der Waals surface area contributed by atoms with Crippen molar-refractivity contribution in [1.82, 2.24) is 5.32 Å². The van der Waals surface area contributed by atoms with Crippen LogP contribution in [0.15, 0.2) is 18.2 Å². The molecule has 0 aromatic heterocycles. The van der Waals surface area contributed by atoms with E-state index in [9.17, 15) is 13.6 Å². The number of aliphatic hydroxyl groups excluding tert-OH is 1. The van der Waals surface area contributed by atoms with Crippen LogP contribution < -0.4 is 5.32 Å². The summed E-state index contributed by atoms with van der Waals surface area (Å²) in [6.45, 7) is 1.99. The lowest BCUT2D eigenvalue weighted by molar-refractivity contribution is -0.120. The van der Waals surface area contributed by atoms with Crippen LogP contribution in [0.3, 0.4) is 0 Å². The quantitative estimate of drug-likeness (QED) is 0.821. The lowest BCUT2D eigenvalue weighted by Gasteiger charge is -2.07. The fourth-order valence-electron chi connectivity index (χ4n) is 1.32. The summed E-state index contributed by atoms with van der Waals surface area (Å²) in [4.78, 5) is 11.4. The Morgan fingerprint density at radius 3 is 2.71 bits per heavy atom. The van der Waals surface area contributed by atoms with E-state index in [1.54, 1.807) is 6.92 Å². The number of carbonyl (C=O) groups is 1. The second kappa shape index (κ2) is 6.30. The molecule has 17 heavy (non-hydrogen) atoms. The molecule has 94 valence electrons. The zero-order chi connectivity index (χ0) is 12.8. The van der Waals surface area contributed by atoms with Gasteiger partial charge in [-0.15, -0.1) is 0 Å². The summed E-state index contributed by atoms with van der Waals surface area (Å²) >= 11 is 0. The molecule has 1 unspecified atom stereocenters. The fraction of sp³-hybridized carbons (Fsp3) is 0.417. The number of benzene rings is 1. The molecule has 0 aliphatic rings. The highest BCUT2D eigenvalue weighted by Gasteiger charge is 2.07. The predicted octanol–water partition coefficient (Wildman–Crippen LogP) is 1.39. The van der Waals surface area contributed by atoms with Gasteiger partial charge in [-0.3, -0.25) is 4.79 Å². The molecule has 0 radical (unpaired) electrons. The van der Waals surface area contributed by atoms with E-state index < -0.39 is 17.7 Å². The first-order chi connectivity index (χ1) is 7.99. The van der Waals surface area contributed by atoms with Gasteiger partial charge in [0.1, 0.15) is 0 Å². The highest BCUT2D eigenvalue weighted by molar-refractivity contribution is 5.78. The Morgan fingerprint density at radius 1 is 1.41 bits per heavy atom. The molecule has 1 aromatic carbocycles. The van der Waals surface area contributed by atoms with Crippen molar-refractivity contribution in [3.63, 3.8) is 0 Å². The molecule has 0 heterocycles. The van der Waals surface area contributed by atoms with Crippen LogP contribution in [-0.2, 0) is 11.2 Å². The minimum atomic E-state index is -0.959. The predicted molar refractivity (Wildman–Crippen MR) is 59.4 cm³/mol. The van der Waals surface area contributed by atoms with Crippen molar-refractivity contribution in [2.45, 2.75) is 25.9 Å². The van der Waals surface area contributed by atoms with Gasteiger partial charge in [0.15, 0.2) is 11.6 Å². The van der Waals surface area contributed by atoms with Crippen LogP contribution in [0.25, 0.3) is 0 Å². The molecule has 2 N–H and O–H groups in total. The third kappa shape index (κ3) is 4.91. The molecule has 0 aliphatic heterocycles. The first-order valence-electron chi connectivity index (χ1n) is 5.37. The van der Waals surface area contributed by atoms with Gasteiger partial charge in [0.05, 0.1) is 12.5 Å². The van der Waals surface area contributed by atoms with E-state index in [0.29, 0.717) is 18.5 Å². The molecule has 0 aliphatic carbocycles. The zero-order valence-electron chi connectivity index (χ0n) is 9.54. The summed E-state index contributed by atoms with van der Waals surface area (Å²) < 4.78 is 25.5. The minimum absolute atomic E-state index is 0.00297. The molecular weight excluding hydrogens is 228 g/mol. The second-order valence-electron chi connectivity index (χ2n) is 3.91. The molecule has 3 nitrogen and oxygen atoms in total. The van der Waals surface area contributed by atoms with Crippen LogP contribution in [0.2, 0.25) is 0 Å². The third-order valence-electron chi connectivity index (χ3n) is 2.23. The van der Waals surface area contributed by atoms with Crippen molar-refractivity contribution in [1.29, 1.82) is 0 Å². The van der Waals surface area contributed by atoms with Gasteiger partial charge in [-0.2, -0.15) is 0 Å². The number of carbonyl (C=O) groups excluding carboxylic acids is 1. The standard InChI is InChI=1S/C12H15F2NO2/c1-8(16)4-5-15-12(17)7-9-2-3-10(13)11(14)6-9/h2-3,6,8,16H,4-5,7H2,1H3,(H,15,17). The molecular formula is C12H15F2NO2. The number of hydrogen-bond acceptors (Lipinski definition) is 2. The largest absolute Gasteiger partial charge is 0.393 e. The summed E-state index contributed by atoms with van der Waals surface area (Å²) in [5.74, 6) is -2.17. The van der Waals surface area contributed by atoms with E-state index in [2.05, 4.69) is 5.32 Å². The van der Waals surface area contributed by atoms with E-state index in [1.165, 1.54) is 6.07 Å². The molecule has 0 saturated carbocycles. The van der Waals surface area contributed by atoms with Gasteiger partial charge in [-0.25, -0.2) is 8.78 Å². The monoisotopic (exact) mass is 243 g/mol. The Labute approximate surface area is 98.5 Å². The Kier molecular flexibility index (Phi) is 5.03. The lowest BCUT2D eigenvalue weighted by atomic mass is 10.1. The molecule has 0 saturated heterocycles. The van der Waals surface area contributed by atoms with Crippen LogP contribution in [0.5, 0.6) is 0 Å². The highest BCUT2D eigenvalue weighted by atomic mass is 19.2. The molecule has 1 aromatic rings. The van der Waals surface area contributed by atoms with Crippen molar-refractivity contribution < 1.29 is 18.7 Å². The maximum absolute atomic E-state index is 12.8. The Hall–Kier alpha value is -1.49. The SMILES string of the molecule is CC(O)CCNC(=O)Cc1ccc(F)c(F)c1. The summed E-state index contributed by atoms with van der Waals surface area (Å²) in [5.41, 5.74) is 0.415. The number of halogens is 2. The zero-order valence-corrected chi connectivity index (χ0v) is 9.54. The van der Waals surface area contributed by atoms with E-state index in [-0.39, 0.29) is 12.3 Å². The number of aliphatic hydroxyl groups is 1. The van der Waals surface area contributed by atoms with Crippen molar-refractivity contribution in [3.8, 4) is 0 Å². The average Bonchev–Trinajstić information content (AvgIpc) is 2.23. The van der Waals surface area contributed by atoms with Crippen LogP contribution in [0, 0.1) is 11.6 Å². The number of amides is 1. The Balaban J connectivity index is 2.42. The third-order valence-corrected chi connectivity index (χ3v) is 2.23. The summed E-state index contributed by atoms with van der Waals surface area (Å²) in [6, 6.07) is 3.37. The average molecular weight is 243 g/mol. The summed E-state index contributed by atoms with van der Waals surface area (Å²) in [7, 11) is 0. The number of hydrogen-bond donors (Lipinski definition) is 2. The maximum Gasteiger partial charge on any atom is 0.224 e. The van der Waals surface area contributed by atoms with Gasteiger partial charge in [-0.05, 0) is 31.0 Å². The molecule has 0 fully saturated rings. The Bertz CT molecular complexity index is 394. The van der Waals surface area contributed by atoms with Gasteiger partial charge in [-0.1, -0.05) is 6.07 Å². The summed E-state index contributed by atoms with van der Waals surface area (Å²) in [6.07, 6.45) is -0.0147. The fourth-order valence-corrected chi connectivity index (χ4v) is 1.32. The van der Waals surface area contributed by atoms with E-state index in [1.807, 2.05) is 0 Å². The van der Waals surface area contributed by atoms with Gasteiger partial charge in [0, 0.05) is 6.54 Å². The van der Waals surface area contributed by atoms with Crippen LogP contribution in [0.4, 0.5) is 8.78 Å². The molecule has 0 spiro atoms. The first kappa shape index (κ1) is 13.6. The van der Waals surface area contributed by atoms with E-state index in [4.69, 9.17) is 5.11 Å². The maximum atomic E-state index is 12.8. The van der Waals surface area contributed by atoms with E-state index in [0.717, 1.165) is 12.1 Å². The second-order valence-corrected chi connectivity index (χ2v) is 3.91. The van der Waals surface area contributed by atoms with Crippen LogP contribution in [0.1, 0.15) is 18.9 Å². The van der Waals surface area contributed by atoms with Gasteiger partial charge in [0.25, 0.3) is 0 Å². The van der Waals surface area contributed by atoms with Gasteiger partial charge in [0.2, 0.25) is 5.91 Å². The Morgan fingerprint density at radius 2 is 2.12 bits per heavy atom. The lowest BCUT2D eigenvalue weighted by Crippen LogP contribution is -2.27. The number of rotatable bonds is 5. The topological polar surface area (TPSA) is 49.3 Å². The minimum Gasteiger partial charge on any atom is -0.393 e. The molecule has 1 amide bonds. The first-order valence-corrected chi connectivity index (χ1v) is 5.37. The number of nitrogens with one attached hydrogen (secondary N) is 1. The van der Waals surface area contributed by atoms with Gasteiger partial charge < -0.3 is 10.4 Å². The van der Waals surface area contributed by atoms with Crippen molar-refractivity contribution in [3.05, 3.63) is 35.4 Å². The highest BCUT2D eigenvalue weighted by Crippen LogP contribution is 2.09. The molecule has 1 atom stereocenters. The van der Waals surface area contributed by atoms with Crippen LogP contribution >= 0.6 is 0 Å².